The van der Waals surface area contributed by atoms with E-state index >= 15 is 0 Å². The second kappa shape index (κ2) is 4.73. The van der Waals surface area contributed by atoms with Crippen LogP contribution in [0.3, 0.4) is 0 Å². The van der Waals surface area contributed by atoms with Crippen molar-refractivity contribution in [1.29, 1.82) is 0 Å². The van der Waals surface area contributed by atoms with Crippen LogP contribution < -0.4 is 4.74 Å². The smallest absolute Gasteiger partial charge is 0.335 e. The molecule has 0 aromatic heterocycles. The summed E-state index contributed by atoms with van der Waals surface area (Å²) < 4.78 is 4.87. The van der Waals surface area contributed by atoms with E-state index in [1.807, 2.05) is 0 Å². The first-order valence-electron chi connectivity index (χ1n) is 5.68. The molecule has 1 aliphatic carbocycles. The summed E-state index contributed by atoms with van der Waals surface area (Å²) in [6.07, 6.45) is 1.13. The van der Waals surface area contributed by atoms with Gasteiger partial charge >= 0.3 is 11.9 Å². The third-order valence-corrected chi connectivity index (χ3v) is 2.80. The molecule has 1 aliphatic rings. The maximum Gasteiger partial charge on any atom is 0.335 e. The Hall–Kier alpha value is -2.76. The summed E-state index contributed by atoms with van der Waals surface area (Å²) in [4.78, 5) is 46.1. The number of fused-ring (bicyclic) bond motifs is 1. The molecule has 0 bridgehead atoms. The lowest BCUT2D eigenvalue weighted by molar-refractivity contribution is -0.131. The molecule has 20 heavy (non-hydrogen) atoms. The zero-order valence-corrected chi connectivity index (χ0v) is 10.7. The van der Waals surface area contributed by atoms with Crippen LogP contribution in [0, 0.1) is 0 Å². The van der Waals surface area contributed by atoms with Crippen LogP contribution in [-0.2, 0) is 4.79 Å². The van der Waals surface area contributed by atoms with Crippen molar-refractivity contribution >= 4 is 23.5 Å². The lowest BCUT2D eigenvalue weighted by atomic mass is 9.88. The van der Waals surface area contributed by atoms with Crippen molar-refractivity contribution in [1.82, 2.24) is 0 Å². The number of carboxylic acid groups (broad SMARTS) is 1. The van der Waals surface area contributed by atoms with Gasteiger partial charge in [-0.3, -0.25) is 14.4 Å². The number of hydrogen-bond acceptors (Lipinski definition) is 5. The predicted molar refractivity (Wildman–Crippen MR) is 67.1 cm³/mol. The second-order valence-corrected chi connectivity index (χ2v) is 4.32. The van der Waals surface area contributed by atoms with Gasteiger partial charge in [0, 0.05) is 18.1 Å². The zero-order valence-electron chi connectivity index (χ0n) is 10.7. The topological polar surface area (TPSA) is 97.7 Å². The molecule has 1 aromatic carbocycles. The molecule has 6 heteroatoms. The number of hydrogen-bond donors (Lipinski definition) is 1. The Kier molecular flexibility index (Phi) is 3.23. The van der Waals surface area contributed by atoms with E-state index in [1.165, 1.54) is 6.92 Å². The monoisotopic (exact) mass is 274 g/mol. The number of allylic oxidation sites excluding steroid dienone is 2. The van der Waals surface area contributed by atoms with Crippen LogP contribution in [0.25, 0.3) is 0 Å². The number of ketones is 2. The van der Waals surface area contributed by atoms with Crippen molar-refractivity contribution in [3.8, 4) is 5.75 Å². The molecule has 0 spiro atoms. The Morgan fingerprint density at radius 3 is 2.40 bits per heavy atom. The highest BCUT2D eigenvalue weighted by Gasteiger charge is 2.29. The first-order valence-corrected chi connectivity index (χ1v) is 5.68. The third-order valence-electron chi connectivity index (χ3n) is 2.80. The van der Waals surface area contributed by atoms with Crippen molar-refractivity contribution in [2.75, 3.05) is 0 Å². The molecule has 2 rings (SSSR count). The Morgan fingerprint density at radius 2 is 1.85 bits per heavy atom. The Balaban J connectivity index is 2.75. The van der Waals surface area contributed by atoms with E-state index in [1.54, 1.807) is 0 Å². The molecule has 0 fully saturated rings. The van der Waals surface area contributed by atoms with Gasteiger partial charge in [-0.2, -0.15) is 0 Å². The van der Waals surface area contributed by atoms with Crippen molar-refractivity contribution in [3.05, 3.63) is 40.5 Å². The maximum absolute atomic E-state index is 12.1. The average molecular weight is 274 g/mol. The summed E-state index contributed by atoms with van der Waals surface area (Å²) in [5, 5.41) is 9.00. The molecule has 0 saturated carbocycles. The Morgan fingerprint density at radius 1 is 1.20 bits per heavy atom. The molecule has 1 N–H and O–H groups in total. The Bertz CT molecular complexity index is 696. The normalized spacial score (nSPS) is 13.6. The minimum absolute atomic E-state index is 0.0725. The number of rotatable bonds is 2. The first kappa shape index (κ1) is 13.7. The minimum Gasteiger partial charge on any atom is -0.478 e. The first-order chi connectivity index (χ1) is 9.31. The number of carboxylic acids is 1. The van der Waals surface area contributed by atoms with Crippen molar-refractivity contribution < 1.29 is 29.0 Å². The highest BCUT2D eigenvalue weighted by Crippen LogP contribution is 2.31. The van der Waals surface area contributed by atoms with Crippen LogP contribution in [0.1, 0.15) is 44.9 Å². The Labute approximate surface area is 113 Å². The number of carbonyl (C=O) groups is 4. The van der Waals surface area contributed by atoms with Gasteiger partial charge in [0.25, 0.3) is 0 Å². The van der Waals surface area contributed by atoms with Crippen LogP contribution in [0.4, 0.5) is 0 Å². The third kappa shape index (κ3) is 2.23. The van der Waals surface area contributed by atoms with E-state index in [-0.39, 0.29) is 28.0 Å². The van der Waals surface area contributed by atoms with Gasteiger partial charge < -0.3 is 9.84 Å². The van der Waals surface area contributed by atoms with Crippen molar-refractivity contribution in [2.24, 2.45) is 0 Å². The van der Waals surface area contributed by atoms with Crippen LogP contribution in [0.2, 0.25) is 0 Å². The van der Waals surface area contributed by atoms with Gasteiger partial charge in [-0.25, -0.2) is 4.79 Å². The molecule has 6 nitrogen and oxygen atoms in total. The van der Waals surface area contributed by atoms with Crippen molar-refractivity contribution in [2.45, 2.75) is 13.8 Å². The summed E-state index contributed by atoms with van der Waals surface area (Å²) in [6, 6.07) is 2.17. The largest absolute Gasteiger partial charge is 0.478 e. The molecule has 0 heterocycles. The molecule has 0 radical (unpaired) electrons. The van der Waals surface area contributed by atoms with Crippen LogP contribution in [-0.4, -0.2) is 28.6 Å². The van der Waals surface area contributed by atoms with Gasteiger partial charge in [0.2, 0.25) is 0 Å². The molecule has 0 amide bonds. The molecule has 0 saturated heterocycles. The highest BCUT2D eigenvalue weighted by molar-refractivity contribution is 6.26. The summed E-state index contributed by atoms with van der Waals surface area (Å²) >= 11 is 0. The van der Waals surface area contributed by atoms with E-state index in [0.717, 1.165) is 25.1 Å². The van der Waals surface area contributed by atoms with E-state index in [4.69, 9.17) is 9.84 Å². The molecular formula is C14H10O6. The molecule has 102 valence electrons. The number of Topliss-reactive ketones (excluding diaryl/α,β-unsaturated/α-hetero) is 1. The summed E-state index contributed by atoms with van der Waals surface area (Å²) in [7, 11) is 0. The van der Waals surface area contributed by atoms with E-state index in [0.29, 0.717) is 0 Å². The maximum atomic E-state index is 12.1. The lowest BCUT2D eigenvalue weighted by Gasteiger charge is -2.16. The van der Waals surface area contributed by atoms with E-state index < -0.39 is 23.5 Å². The molecule has 0 aliphatic heterocycles. The SMILES string of the molecule is CC(=O)Oc1cc(C(=O)O)cc2c1C(=O)C(C)=CC2=O. The fourth-order valence-corrected chi connectivity index (χ4v) is 1.94. The summed E-state index contributed by atoms with van der Waals surface area (Å²) in [6.45, 7) is 2.59. The van der Waals surface area contributed by atoms with Crippen LogP contribution in [0.5, 0.6) is 5.75 Å². The standard InChI is InChI=1S/C14H10O6/c1-6-3-10(16)9-4-8(14(18)19)5-11(20-7(2)15)12(9)13(6)17/h3-5H,1-2H3,(H,18,19). The van der Waals surface area contributed by atoms with Crippen LogP contribution in [0.15, 0.2) is 23.8 Å². The fourth-order valence-electron chi connectivity index (χ4n) is 1.94. The van der Waals surface area contributed by atoms with Crippen molar-refractivity contribution in [3.63, 3.8) is 0 Å². The highest BCUT2D eigenvalue weighted by atomic mass is 16.5. The average Bonchev–Trinajstić information content (AvgIpc) is 2.34. The summed E-state index contributed by atoms with van der Waals surface area (Å²) in [5.74, 6) is -3.16. The number of ether oxygens (including phenoxy) is 1. The lowest BCUT2D eigenvalue weighted by Crippen LogP contribution is -2.19. The van der Waals surface area contributed by atoms with E-state index in [2.05, 4.69) is 0 Å². The van der Waals surface area contributed by atoms with Gasteiger partial charge in [0.1, 0.15) is 5.75 Å². The predicted octanol–water partition coefficient (Wildman–Crippen LogP) is 1.64. The zero-order chi connectivity index (χ0) is 15.0. The molecule has 1 aromatic rings. The number of aromatic carboxylic acids is 1. The number of esters is 1. The quantitative estimate of drug-likeness (QED) is 0.650. The van der Waals surface area contributed by atoms with Gasteiger partial charge in [0.05, 0.1) is 11.1 Å². The van der Waals surface area contributed by atoms with Gasteiger partial charge in [-0.1, -0.05) is 0 Å². The molecular weight excluding hydrogens is 264 g/mol. The van der Waals surface area contributed by atoms with Gasteiger partial charge in [-0.05, 0) is 25.1 Å². The fraction of sp³-hybridized carbons (Fsp3) is 0.143. The minimum atomic E-state index is -1.28. The number of carbonyl (C=O) groups excluding carboxylic acids is 3. The molecule has 0 atom stereocenters. The van der Waals surface area contributed by atoms with Crippen LogP contribution >= 0.6 is 0 Å². The second-order valence-electron chi connectivity index (χ2n) is 4.32. The molecule has 0 unspecified atom stereocenters. The number of benzene rings is 1. The van der Waals surface area contributed by atoms with Gasteiger partial charge in [0.15, 0.2) is 11.6 Å². The van der Waals surface area contributed by atoms with Gasteiger partial charge in [-0.15, -0.1) is 0 Å². The summed E-state index contributed by atoms with van der Waals surface area (Å²) in [5.41, 5.74) is -0.167. The van der Waals surface area contributed by atoms with E-state index in [9.17, 15) is 19.2 Å².